The van der Waals surface area contributed by atoms with Gasteiger partial charge in [0.1, 0.15) is 0 Å². The molecule has 0 aliphatic rings. The van der Waals surface area contributed by atoms with Crippen LogP contribution in [0.15, 0.2) is 24.3 Å². The van der Waals surface area contributed by atoms with Crippen molar-refractivity contribution in [2.24, 2.45) is 0 Å². The number of hydrogen-bond acceptors (Lipinski definition) is 3. The fraction of sp³-hybridized carbons (Fsp3) is 0.400. The van der Waals surface area contributed by atoms with Crippen LogP contribution in [-0.4, -0.2) is 15.8 Å². The Kier molecular flexibility index (Phi) is 4.16. The molecule has 13 heavy (non-hydrogen) atoms. The van der Waals surface area contributed by atoms with Gasteiger partial charge in [0, 0.05) is 6.61 Å². The third-order valence-electron chi connectivity index (χ3n) is 1.79. The van der Waals surface area contributed by atoms with E-state index < -0.39 is 4.08 Å². The van der Waals surface area contributed by atoms with Gasteiger partial charge in [-0.05, 0) is 24.5 Å². The quantitative estimate of drug-likeness (QED) is 0.516. The molecule has 0 saturated heterocycles. The molecule has 1 rings (SSSR count). The van der Waals surface area contributed by atoms with E-state index in [1.165, 1.54) is 0 Å². The van der Waals surface area contributed by atoms with E-state index in [0.717, 1.165) is 12.0 Å². The number of benzene rings is 1. The molecule has 71 valence electrons. The first-order valence-electron chi connectivity index (χ1n) is 4.15. The molecule has 1 N–H and O–H groups in total. The Morgan fingerprint density at radius 2 is 1.92 bits per heavy atom. The molecule has 0 bridgehead atoms. The standard InChI is InChI=1S/C10H13OS2/c11-7-6-10(12,13)8-9-4-2-1-3-5-9/h2-5,11-13H,6-8H2. The first-order valence-corrected chi connectivity index (χ1v) is 5.04. The third-order valence-corrected chi connectivity index (χ3v) is 2.55. The van der Waals surface area contributed by atoms with Crippen molar-refractivity contribution in [3.63, 3.8) is 0 Å². The van der Waals surface area contributed by atoms with Gasteiger partial charge >= 0.3 is 0 Å². The minimum Gasteiger partial charge on any atom is -0.396 e. The van der Waals surface area contributed by atoms with Gasteiger partial charge in [0.05, 0.1) is 4.08 Å². The van der Waals surface area contributed by atoms with E-state index in [1.54, 1.807) is 0 Å². The SMILES string of the molecule is OCCC(S)(S)Cc1cc[c]cc1. The fourth-order valence-electron chi connectivity index (χ4n) is 1.13. The third kappa shape index (κ3) is 4.07. The molecular formula is C10H13OS2. The molecule has 0 spiro atoms. The van der Waals surface area contributed by atoms with Crippen molar-refractivity contribution in [1.82, 2.24) is 0 Å². The van der Waals surface area contributed by atoms with Gasteiger partial charge in [0.25, 0.3) is 0 Å². The van der Waals surface area contributed by atoms with Crippen molar-refractivity contribution in [2.45, 2.75) is 16.9 Å². The average molecular weight is 213 g/mol. The Morgan fingerprint density at radius 3 is 2.46 bits per heavy atom. The summed E-state index contributed by atoms with van der Waals surface area (Å²) in [6, 6.07) is 10.7. The predicted octanol–water partition coefficient (Wildman–Crippen LogP) is 1.97. The Hall–Kier alpha value is -0.120. The molecule has 0 atom stereocenters. The van der Waals surface area contributed by atoms with Gasteiger partial charge in [-0.2, -0.15) is 25.3 Å². The van der Waals surface area contributed by atoms with Gasteiger partial charge in [0.15, 0.2) is 0 Å². The highest BCUT2D eigenvalue weighted by molar-refractivity contribution is 8.00. The van der Waals surface area contributed by atoms with Crippen LogP contribution in [0.1, 0.15) is 12.0 Å². The van der Waals surface area contributed by atoms with Gasteiger partial charge in [-0.3, -0.25) is 0 Å². The summed E-state index contributed by atoms with van der Waals surface area (Å²) in [6.07, 6.45) is 1.33. The summed E-state index contributed by atoms with van der Waals surface area (Å²) < 4.78 is -0.421. The molecule has 0 amide bonds. The second-order valence-corrected chi connectivity index (χ2v) is 5.11. The number of hydrogen-bond donors (Lipinski definition) is 3. The first-order chi connectivity index (χ1) is 6.14. The maximum absolute atomic E-state index is 8.78. The topological polar surface area (TPSA) is 20.2 Å². The van der Waals surface area contributed by atoms with Gasteiger partial charge in [-0.15, -0.1) is 0 Å². The summed E-state index contributed by atoms with van der Waals surface area (Å²) in [7, 11) is 0. The highest BCUT2D eigenvalue weighted by atomic mass is 32.2. The zero-order valence-electron chi connectivity index (χ0n) is 7.27. The van der Waals surface area contributed by atoms with Crippen LogP contribution in [0, 0.1) is 6.07 Å². The highest BCUT2D eigenvalue weighted by Crippen LogP contribution is 2.28. The number of aliphatic hydroxyl groups is 1. The monoisotopic (exact) mass is 213 g/mol. The zero-order chi connectivity index (χ0) is 9.73. The van der Waals surface area contributed by atoms with Gasteiger partial charge in [0.2, 0.25) is 0 Å². The minimum absolute atomic E-state index is 0.117. The molecule has 1 aromatic rings. The van der Waals surface area contributed by atoms with E-state index >= 15 is 0 Å². The smallest absolute Gasteiger partial charge is 0.0613 e. The second kappa shape index (κ2) is 4.94. The second-order valence-electron chi connectivity index (χ2n) is 3.04. The van der Waals surface area contributed by atoms with Crippen molar-refractivity contribution in [2.75, 3.05) is 6.61 Å². The number of aliphatic hydroxyl groups excluding tert-OH is 1. The van der Waals surface area contributed by atoms with E-state index in [-0.39, 0.29) is 6.61 Å². The van der Waals surface area contributed by atoms with Crippen molar-refractivity contribution >= 4 is 25.3 Å². The van der Waals surface area contributed by atoms with Crippen LogP contribution in [0.4, 0.5) is 0 Å². The lowest BCUT2D eigenvalue weighted by atomic mass is 10.1. The number of rotatable bonds is 4. The summed E-state index contributed by atoms with van der Waals surface area (Å²) >= 11 is 8.74. The average Bonchev–Trinajstić information content (AvgIpc) is 2.04. The van der Waals surface area contributed by atoms with Crippen molar-refractivity contribution in [3.8, 4) is 0 Å². The summed E-state index contributed by atoms with van der Waals surface area (Å²) in [6.45, 7) is 0.117. The fourth-order valence-corrected chi connectivity index (χ4v) is 1.70. The lowest BCUT2D eigenvalue weighted by Crippen LogP contribution is -2.18. The molecule has 3 heteroatoms. The number of thiol groups is 2. The van der Waals surface area contributed by atoms with Crippen LogP contribution in [-0.2, 0) is 6.42 Å². The molecule has 0 fully saturated rings. The minimum atomic E-state index is -0.421. The van der Waals surface area contributed by atoms with E-state index in [0.29, 0.717) is 6.42 Å². The van der Waals surface area contributed by atoms with Crippen molar-refractivity contribution in [1.29, 1.82) is 0 Å². The predicted molar refractivity (Wildman–Crippen MR) is 61.4 cm³/mol. The molecule has 1 nitrogen and oxygen atoms in total. The lowest BCUT2D eigenvalue weighted by molar-refractivity contribution is 0.283. The van der Waals surface area contributed by atoms with Crippen LogP contribution < -0.4 is 0 Å². The van der Waals surface area contributed by atoms with Crippen LogP contribution in [0.3, 0.4) is 0 Å². The van der Waals surface area contributed by atoms with Crippen LogP contribution in [0.25, 0.3) is 0 Å². The van der Waals surface area contributed by atoms with Gasteiger partial charge in [-0.1, -0.05) is 24.3 Å². The van der Waals surface area contributed by atoms with E-state index in [9.17, 15) is 0 Å². The van der Waals surface area contributed by atoms with E-state index in [2.05, 4.69) is 31.3 Å². The Bertz CT molecular complexity index is 246. The molecule has 1 radical (unpaired) electrons. The van der Waals surface area contributed by atoms with Crippen LogP contribution in [0.5, 0.6) is 0 Å². The molecule has 0 unspecified atom stereocenters. The molecule has 0 aliphatic carbocycles. The molecule has 0 saturated carbocycles. The molecule has 1 aromatic carbocycles. The van der Waals surface area contributed by atoms with Crippen molar-refractivity contribution in [3.05, 3.63) is 35.9 Å². The van der Waals surface area contributed by atoms with Gasteiger partial charge in [-0.25, -0.2) is 0 Å². The Labute approximate surface area is 90.0 Å². The summed E-state index contributed by atoms with van der Waals surface area (Å²) in [4.78, 5) is 0. The summed E-state index contributed by atoms with van der Waals surface area (Å²) in [5.74, 6) is 0. The molecule has 0 aliphatic heterocycles. The Morgan fingerprint density at radius 1 is 1.31 bits per heavy atom. The van der Waals surface area contributed by atoms with Crippen LogP contribution in [0.2, 0.25) is 0 Å². The Balaban J connectivity index is 2.58. The summed E-state index contributed by atoms with van der Waals surface area (Å²) in [5.41, 5.74) is 1.16. The normalized spacial score (nSPS) is 11.6. The van der Waals surface area contributed by atoms with Crippen molar-refractivity contribution < 1.29 is 5.11 Å². The maximum Gasteiger partial charge on any atom is 0.0613 e. The van der Waals surface area contributed by atoms with Crippen LogP contribution >= 0.6 is 25.3 Å². The summed E-state index contributed by atoms with van der Waals surface area (Å²) in [5, 5.41) is 8.78. The van der Waals surface area contributed by atoms with E-state index in [1.807, 2.05) is 24.3 Å². The highest BCUT2D eigenvalue weighted by Gasteiger charge is 2.19. The first kappa shape index (κ1) is 11.0. The largest absolute Gasteiger partial charge is 0.396 e. The van der Waals surface area contributed by atoms with E-state index in [4.69, 9.17) is 5.11 Å². The molecule has 0 aromatic heterocycles. The maximum atomic E-state index is 8.78. The molecule has 0 heterocycles. The zero-order valence-corrected chi connectivity index (χ0v) is 9.06. The lowest BCUT2D eigenvalue weighted by Gasteiger charge is -2.21. The van der Waals surface area contributed by atoms with Gasteiger partial charge < -0.3 is 5.11 Å². The molecular weight excluding hydrogens is 200 g/mol.